The van der Waals surface area contributed by atoms with E-state index < -0.39 is 0 Å². The van der Waals surface area contributed by atoms with Gasteiger partial charge in [0.1, 0.15) is 0 Å². The largest absolute Gasteiger partial charge is 0.356 e. The molecule has 0 bridgehead atoms. The van der Waals surface area contributed by atoms with Crippen LogP contribution >= 0.6 is 0 Å². The summed E-state index contributed by atoms with van der Waals surface area (Å²) in [7, 11) is 2.09. The van der Waals surface area contributed by atoms with E-state index in [1.54, 1.807) is 0 Å². The van der Waals surface area contributed by atoms with Gasteiger partial charge < -0.3 is 15.6 Å². The molecule has 1 aliphatic rings. The highest BCUT2D eigenvalue weighted by Gasteiger charge is 2.22. The minimum Gasteiger partial charge on any atom is -0.356 e. The van der Waals surface area contributed by atoms with E-state index in [1.807, 2.05) is 0 Å². The lowest BCUT2D eigenvalue weighted by atomic mass is 9.86. The molecule has 1 aromatic carbocycles. The molecule has 2 aromatic rings. The Morgan fingerprint density at radius 2 is 2.22 bits per heavy atom. The number of benzene rings is 1. The number of nitrogens with two attached hydrogens (primary N) is 1. The zero-order valence-corrected chi connectivity index (χ0v) is 13.7. The average molecular weight is 311 g/mol. The van der Waals surface area contributed by atoms with E-state index >= 15 is 0 Å². The summed E-state index contributed by atoms with van der Waals surface area (Å²) in [5.41, 5.74) is 9.39. The van der Waals surface area contributed by atoms with E-state index in [4.69, 9.17) is 5.73 Å². The summed E-state index contributed by atoms with van der Waals surface area (Å²) in [6, 6.07) is 8.49. The van der Waals surface area contributed by atoms with Gasteiger partial charge in [0.25, 0.3) is 0 Å². The SMILES string of the molecule is Cn1cc(C2=CCC(C(=O)NCCCN)CC2)c2ccccc21. The third kappa shape index (κ3) is 3.32. The second-order valence-corrected chi connectivity index (χ2v) is 6.30. The Kier molecular flexibility index (Phi) is 4.82. The Hall–Kier alpha value is -2.07. The Bertz CT molecular complexity index is 729. The zero-order chi connectivity index (χ0) is 16.2. The van der Waals surface area contributed by atoms with E-state index in [0.29, 0.717) is 13.1 Å². The molecule has 0 spiro atoms. The Morgan fingerprint density at radius 3 is 2.96 bits per heavy atom. The quantitative estimate of drug-likeness (QED) is 0.834. The first-order chi connectivity index (χ1) is 11.2. The average Bonchev–Trinajstić information content (AvgIpc) is 2.93. The topological polar surface area (TPSA) is 60.0 Å². The minimum absolute atomic E-state index is 0.103. The maximum atomic E-state index is 12.1. The fourth-order valence-electron chi connectivity index (χ4n) is 3.37. The highest BCUT2D eigenvalue weighted by molar-refractivity contribution is 5.93. The number of amides is 1. The van der Waals surface area contributed by atoms with Gasteiger partial charge >= 0.3 is 0 Å². The number of nitrogens with one attached hydrogen (secondary N) is 1. The number of carbonyl (C=O) groups excluding carboxylic acids is 1. The summed E-state index contributed by atoms with van der Waals surface area (Å²) in [4.78, 5) is 12.1. The predicted molar refractivity (Wildman–Crippen MR) is 94.9 cm³/mol. The predicted octanol–water partition coefficient (Wildman–Crippen LogP) is 2.83. The summed E-state index contributed by atoms with van der Waals surface area (Å²) < 4.78 is 2.18. The zero-order valence-electron chi connectivity index (χ0n) is 13.7. The second kappa shape index (κ2) is 7.01. The number of nitrogens with zero attached hydrogens (tertiary/aromatic N) is 1. The molecule has 4 heteroatoms. The molecule has 3 rings (SSSR count). The molecular formula is C19H25N3O. The number of hydrogen-bond donors (Lipinski definition) is 2. The lowest BCUT2D eigenvalue weighted by Crippen LogP contribution is -2.32. The number of allylic oxidation sites excluding steroid dienone is 2. The van der Waals surface area contributed by atoms with Gasteiger partial charge in [0.15, 0.2) is 0 Å². The lowest BCUT2D eigenvalue weighted by Gasteiger charge is -2.21. The van der Waals surface area contributed by atoms with Crippen LogP contribution in [0.5, 0.6) is 0 Å². The van der Waals surface area contributed by atoms with E-state index in [0.717, 1.165) is 25.7 Å². The second-order valence-electron chi connectivity index (χ2n) is 6.30. The molecule has 122 valence electrons. The van der Waals surface area contributed by atoms with Gasteiger partial charge in [-0.2, -0.15) is 0 Å². The van der Waals surface area contributed by atoms with Crippen molar-refractivity contribution in [3.05, 3.63) is 42.1 Å². The molecular weight excluding hydrogens is 286 g/mol. The summed E-state index contributed by atoms with van der Waals surface area (Å²) in [6.45, 7) is 1.31. The van der Waals surface area contributed by atoms with Gasteiger partial charge in [0.05, 0.1) is 0 Å². The van der Waals surface area contributed by atoms with E-state index in [-0.39, 0.29) is 11.8 Å². The van der Waals surface area contributed by atoms with Gasteiger partial charge in [0, 0.05) is 42.2 Å². The Labute approximate surface area is 137 Å². The van der Waals surface area contributed by atoms with Gasteiger partial charge in [-0.25, -0.2) is 0 Å². The summed E-state index contributed by atoms with van der Waals surface area (Å²) in [5.74, 6) is 0.276. The van der Waals surface area contributed by atoms with Gasteiger partial charge in [-0.15, -0.1) is 0 Å². The first kappa shape index (κ1) is 15.8. The number of fused-ring (bicyclic) bond motifs is 1. The lowest BCUT2D eigenvalue weighted by molar-refractivity contribution is -0.125. The monoisotopic (exact) mass is 311 g/mol. The third-order valence-corrected chi connectivity index (χ3v) is 4.70. The van der Waals surface area contributed by atoms with Gasteiger partial charge in [-0.1, -0.05) is 24.3 Å². The summed E-state index contributed by atoms with van der Waals surface area (Å²) in [6.07, 6.45) is 8.01. The first-order valence-electron chi connectivity index (χ1n) is 8.42. The molecule has 0 aliphatic heterocycles. The van der Waals surface area contributed by atoms with Gasteiger partial charge in [0.2, 0.25) is 5.91 Å². The molecule has 1 heterocycles. The number of carbonyl (C=O) groups is 1. The summed E-state index contributed by atoms with van der Waals surface area (Å²) >= 11 is 0. The molecule has 3 N–H and O–H groups in total. The van der Waals surface area contributed by atoms with Crippen LogP contribution in [0.25, 0.3) is 16.5 Å². The number of para-hydroxylation sites is 1. The van der Waals surface area contributed by atoms with Gasteiger partial charge in [-0.05, 0) is 43.9 Å². The number of aryl methyl sites for hydroxylation is 1. The van der Waals surface area contributed by atoms with Crippen molar-refractivity contribution in [3.63, 3.8) is 0 Å². The molecule has 0 saturated heterocycles. The molecule has 0 radical (unpaired) electrons. The van der Waals surface area contributed by atoms with Crippen molar-refractivity contribution in [2.45, 2.75) is 25.7 Å². The van der Waals surface area contributed by atoms with Gasteiger partial charge in [-0.3, -0.25) is 4.79 Å². The molecule has 1 aromatic heterocycles. The fourth-order valence-corrected chi connectivity index (χ4v) is 3.37. The van der Waals surface area contributed by atoms with Crippen molar-refractivity contribution in [2.75, 3.05) is 13.1 Å². The van der Waals surface area contributed by atoms with Crippen LogP contribution in [0.15, 0.2) is 36.5 Å². The number of hydrogen-bond acceptors (Lipinski definition) is 2. The molecule has 1 amide bonds. The standard InChI is InChI=1S/C19H25N3O/c1-22-13-17(16-5-2-3-6-18(16)22)14-7-9-15(10-8-14)19(23)21-12-4-11-20/h2-3,5-7,13,15H,4,8-12,20H2,1H3,(H,21,23). The van der Waals surface area contributed by atoms with E-state index in [2.05, 4.69) is 53.5 Å². The van der Waals surface area contributed by atoms with Crippen LogP contribution in [-0.4, -0.2) is 23.6 Å². The molecule has 1 aliphatic carbocycles. The van der Waals surface area contributed by atoms with E-state index in [1.165, 1.54) is 22.0 Å². The molecule has 4 nitrogen and oxygen atoms in total. The molecule has 0 saturated carbocycles. The smallest absolute Gasteiger partial charge is 0.223 e. The normalized spacial score (nSPS) is 18.0. The number of rotatable bonds is 5. The van der Waals surface area contributed by atoms with Crippen LogP contribution in [0.1, 0.15) is 31.2 Å². The molecule has 1 atom stereocenters. The van der Waals surface area contributed by atoms with Crippen LogP contribution in [0.4, 0.5) is 0 Å². The molecule has 23 heavy (non-hydrogen) atoms. The van der Waals surface area contributed by atoms with E-state index in [9.17, 15) is 4.79 Å². The van der Waals surface area contributed by atoms with Crippen molar-refractivity contribution in [3.8, 4) is 0 Å². The maximum Gasteiger partial charge on any atom is 0.223 e. The van der Waals surface area contributed by atoms with Crippen molar-refractivity contribution < 1.29 is 4.79 Å². The fraction of sp³-hybridized carbons (Fsp3) is 0.421. The Morgan fingerprint density at radius 1 is 1.39 bits per heavy atom. The maximum absolute atomic E-state index is 12.1. The third-order valence-electron chi connectivity index (χ3n) is 4.70. The molecule has 1 unspecified atom stereocenters. The van der Waals surface area contributed by atoms with Crippen LogP contribution < -0.4 is 11.1 Å². The summed E-state index contributed by atoms with van der Waals surface area (Å²) in [5, 5.41) is 4.29. The molecule has 0 fully saturated rings. The van der Waals surface area contributed by atoms with Crippen LogP contribution in [0.2, 0.25) is 0 Å². The van der Waals surface area contributed by atoms with Crippen LogP contribution in [0.3, 0.4) is 0 Å². The highest BCUT2D eigenvalue weighted by atomic mass is 16.1. The van der Waals surface area contributed by atoms with Crippen molar-refractivity contribution in [1.82, 2.24) is 9.88 Å². The van der Waals surface area contributed by atoms with Crippen molar-refractivity contribution in [2.24, 2.45) is 18.7 Å². The minimum atomic E-state index is 0.103. The Balaban J connectivity index is 1.72. The van der Waals surface area contributed by atoms with Crippen molar-refractivity contribution in [1.29, 1.82) is 0 Å². The number of aromatic nitrogens is 1. The first-order valence-corrected chi connectivity index (χ1v) is 8.42. The highest BCUT2D eigenvalue weighted by Crippen LogP contribution is 2.34. The van der Waals surface area contributed by atoms with Crippen LogP contribution in [0, 0.1) is 5.92 Å². The van der Waals surface area contributed by atoms with Crippen LogP contribution in [-0.2, 0) is 11.8 Å². The van der Waals surface area contributed by atoms with Crippen molar-refractivity contribution >= 4 is 22.4 Å².